The number of nitrogens with zero attached hydrogens (tertiary/aromatic N) is 1. The first-order valence-corrected chi connectivity index (χ1v) is 8.01. The van der Waals surface area contributed by atoms with Gasteiger partial charge in [0.2, 0.25) is 0 Å². The third-order valence-corrected chi connectivity index (χ3v) is 4.39. The lowest BCUT2D eigenvalue weighted by Gasteiger charge is -1.99. The zero-order chi connectivity index (χ0) is 15.5. The molecule has 0 spiro atoms. The summed E-state index contributed by atoms with van der Waals surface area (Å²) in [5.41, 5.74) is 0.628. The van der Waals surface area contributed by atoms with Crippen LogP contribution in [0.3, 0.4) is 0 Å². The van der Waals surface area contributed by atoms with Crippen molar-refractivity contribution in [3.05, 3.63) is 64.1 Å². The predicted octanol–water partition coefficient (Wildman–Crippen LogP) is 2.96. The molecule has 0 aliphatic heterocycles. The van der Waals surface area contributed by atoms with Gasteiger partial charge in [-0.15, -0.1) is 0 Å². The van der Waals surface area contributed by atoms with Crippen molar-refractivity contribution in [1.29, 1.82) is 0 Å². The van der Waals surface area contributed by atoms with Crippen molar-refractivity contribution in [2.45, 2.75) is 4.90 Å². The Morgan fingerprint density at radius 3 is 2.14 bits per heavy atom. The number of benzene rings is 2. The molecule has 0 atom stereocenters. The van der Waals surface area contributed by atoms with E-state index in [4.69, 9.17) is 5.11 Å². The highest BCUT2D eigenvalue weighted by molar-refractivity contribution is 9.10. The van der Waals surface area contributed by atoms with E-state index in [-0.39, 0.29) is 10.5 Å². The van der Waals surface area contributed by atoms with Crippen LogP contribution in [0.2, 0.25) is 0 Å². The van der Waals surface area contributed by atoms with Crippen LogP contribution >= 0.6 is 15.9 Å². The molecule has 2 aromatic rings. The Hall–Kier alpha value is -1.99. The number of hydrogen-bond donors (Lipinski definition) is 1. The summed E-state index contributed by atoms with van der Waals surface area (Å²) in [5.74, 6) is -1.04. The fourth-order valence-corrected chi connectivity index (χ4v) is 2.64. The van der Waals surface area contributed by atoms with E-state index in [0.717, 1.165) is 4.47 Å². The summed E-state index contributed by atoms with van der Waals surface area (Å²) in [6.45, 7) is 0. The van der Waals surface area contributed by atoms with Crippen LogP contribution in [0.25, 0.3) is 0 Å². The number of rotatable bonds is 4. The molecule has 1 N–H and O–H groups in total. The van der Waals surface area contributed by atoms with Gasteiger partial charge in [0, 0.05) is 10.7 Å². The Bertz CT molecular complexity index is 781. The number of halogens is 1. The van der Waals surface area contributed by atoms with Crippen molar-refractivity contribution in [2.24, 2.45) is 4.40 Å². The maximum Gasteiger partial charge on any atom is 0.335 e. The van der Waals surface area contributed by atoms with Crippen LogP contribution in [0.4, 0.5) is 0 Å². The molecule has 0 aliphatic rings. The molecule has 5 nitrogen and oxygen atoms in total. The first-order valence-electron chi connectivity index (χ1n) is 5.78. The highest BCUT2D eigenvalue weighted by Crippen LogP contribution is 2.16. The molecule has 0 fully saturated rings. The maximum atomic E-state index is 12.0. The van der Waals surface area contributed by atoms with Gasteiger partial charge in [-0.3, -0.25) is 0 Å². The third kappa shape index (κ3) is 3.99. The van der Waals surface area contributed by atoms with Gasteiger partial charge in [0.15, 0.2) is 0 Å². The fourth-order valence-electron chi connectivity index (χ4n) is 1.51. The zero-order valence-electron chi connectivity index (χ0n) is 10.6. The maximum absolute atomic E-state index is 12.0. The lowest BCUT2D eigenvalue weighted by Crippen LogP contribution is -1.98. The van der Waals surface area contributed by atoms with Crippen LogP contribution < -0.4 is 0 Å². The van der Waals surface area contributed by atoms with Crippen LogP contribution in [0.5, 0.6) is 0 Å². The smallest absolute Gasteiger partial charge is 0.335 e. The van der Waals surface area contributed by atoms with E-state index in [1.165, 1.54) is 42.6 Å². The summed E-state index contributed by atoms with van der Waals surface area (Å²) in [6, 6.07) is 11.9. The highest BCUT2D eigenvalue weighted by Gasteiger charge is 2.11. The Morgan fingerprint density at radius 2 is 1.62 bits per heavy atom. The van der Waals surface area contributed by atoms with Gasteiger partial charge < -0.3 is 5.11 Å². The second kappa shape index (κ2) is 6.19. The summed E-state index contributed by atoms with van der Waals surface area (Å²) in [5, 5.41) is 8.77. The molecule has 2 aromatic carbocycles. The molecule has 0 aliphatic carbocycles. The Labute approximate surface area is 130 Å². The standard InChI is InChI=1S/C14H10BrNO4S/c15-12-5-7-13(8-6-12)21(19,20)16-9-10-1-3-11(4-2-10)14(17)18/h1-9H,(H,17,18)/b16-9+. The second-order valence-electron chi connectivity index (χ2n) is 4.09. The number of carbonyl (C=O) groups is 1. The van der Waals surface area contributed by atoms with Gasteiger partial charge in [-0.05, 0) is 42.0 Å². The highest BCUT2D eigenvalue weighted by atomic mass is 79.9. The van der Waals surface area contributed by atoms with Crippen LogP contribution in [0.1, 0.15) is 15.9 Å². The first-order chi connectivity index (χ1) is 9.88. The molecule has 0 radical (unpaired) electrons. The molecule has 0 saturated heterocycles. The molecule has 0 bridgehead atoms. The Balaban J connectivity index is 2.23. The number of hydrogen-bond acceptors (Lipinski definition) is 3. The number of carboxylic acids is 1. The monoisotopic (exact) mass is 367 g/mol. The van der Waals surface area contributed by atoms with Crippen molar-refractivity contribution < 1.29 is 18.3 Å². The molecule has 7 heteroatoms. The van der Waals surface area contributed by atoms with Gasteiger partial charge in [-0.25, -0.2) is 4.79 Å². The molecule has 0 heterocycles. The zero-order valence-corrected chi connectivity index (χ0v) is 13.0. The largest absolute Gasteiger partial charge is 0.478 e. The molecule has 21 heavy (non-hydrogen) atoms. The van der Waals surface area contributed by atoms with Crippen LogP contribution in [-0.2, 0) is 10.0 Å². The van der Waals surface area contributed by atoms with E-state index in [1.54, 1.807) is 12.1 Å². The minimum absolute atomic E-state index is 0.0871. The minimum atomic E-state index is -3.77. The lowest BCUT2D eigenvalue weighted by molar-refractivity contribution is 0.0697. The summed E-state index contributed by atoms with van der Waals surface area (Å²) < 4.78 is 28.3. The van der Waals surface area contributed by atoms with Crippen molar-refractivity contribution in [3.8, 4) is 0 Å². The molecule has 0 amide bonds. The van der Waals surface area contributed by atoms with Crippen LogP contribution in [-0.4, -0.2) is 25.7 Å². The predicted molar refractivity (Wildman–Crippen MR) is 82.3 cm³/mol. The SMILES string of the molecule is O=C(O)c1ccc(/C=N/S(=O)(=O)c2ccc(Br)cc2)cc1. The van der Waals surface area contributed by atoms with Gasteiger partial charge in [-0.2, -0.15) is 12.8 Å². The van der Waals surface area contributed by atoms with E-state index in [0.29, 0.717) is 5.56 Å². The van der Waals surface area contributed by atoms with Crippen molar-refractivity contribution in [2.75, 3.05) is 0 Å². The number of aromatic carboxylic acids is 1. The second-order valence-corrected chi connectivity index (χ2v) is 6.64. The average Bonchev–Trinajstić information content (AvgIpc) is 2.46. The molecule has 0 unspecified atom stereocenters. The quantitative estimate of drug-likeness (QED) is 0.841. The summed E-state index contributed by atoms with van der Waals surface area (Å²) >= 11 is 3.23. The molecule has 108 valence electrons. The minimum Gasteiger partial charge on any atom is -0.478 e. The van der Waals surface area contributed by atoms with E-state index in [1.807, 2.05) is 0 Å². The molecular formula is C14H10BrNO4S. The van der Waals surface area contributed by atoms with Crippen molar-refractivity contribution >= 4 is 38.1 Å². The summed E-state index contributed by atoms with van der Waals surface area (Å²) in [6.07, 6.45) is 1.18. The third-order valence-electron chi connectivity index (χ3n) is 2.61. The Kier molecular flexibility index (Phi) is 4.54. The first kappa shape index (κ1) is 15.4. The Morgan fingerprint density at radius 1 is 1.05 bits per heavy atom. The van der Waals surface area contributed by atoms with Crippen LogP contribution in [0.15, 0.2) is 62.3 Å². The topological polar surface area (TPSA) is 83.8 Å². The molecule has 0 aromatic heterocycles. The lowest BCUT2D eigenvalue weighted by atomic mass is 10.1. The van der Waals surface area contributed by atoms with Crippen molar-refractivity contribution in [3.63, 3.8) is 0 Å². The van der Waals surface area contributed by atoms with Gasteiger partial charge in [-0.1, -0.05) is 28.1 Å². The van der Waals surface area contributed by atoms with Crippen LogP contribution in [0, 0.1) is 0 Å². The van der Waals surface area contributed by atoms with E-state index in [2.05, 4.69) is 20.3 Å². The van der Waals surface area contributed by atoms with Gasteiger partial charge in [0.25, 0.3) is 10.0 Å². The molecular weight excluding hydrogens is 358 g/mol. The summed E-state index contributed by atoms with van der Waals surface area (Å²) in [4.78, 5) is 10.8. The van der Waals surface area contributed by atoms with Gasteiger partial charge in [0.1, 0.15) is 0 Å². The normalized spacial score (nSPS) is 11.7. The number of sulfonamides is 1. The van der Waals surface area contributed by atoms with E-state index >= 15 is 0 Å². The average molecular weight is 368 g/mol. The summed E-state index contributed by atoms with van der Waals surface area (Å²) in [7, 11) is -3.77. The van der Waals surface area contributed by atoms with E-state index in [9.17, 15) is 13.2 Å². The van der Waals surface area contributed by atoms with E-state index < -0.39 is 16.0 Å². The van der Waals surface area contributed by atoms with Gasteiger partial charge in [0.05, 0.1) is 10.5 Å². The molecule has 2 rings (SSSR count). The van der Waals surface area contributed by atoms with Crippen molar-refractivity contribution in [1.82, 2.24) is 0 Å². The number of carboxylic acid groups (broad SMARTS) is 1. The molecule has 0 saturated carbocycles. The fraction of sp³-hybridized carbons (Fsp3) is 0. The van der Waals surface area contributed by atoms with Gasteiger partial charge >= 0.3 is 5.97 Å².